The second-order valence-corrected chi connectivity index (χ2v) is 7.03. The zero-order valence-corrected chi connectivity index (χ0v) is 15.9. The monoisotopic (exact) mass is 336 g/mol. The molecule has 0 saturated carbocycles. The third-order valence-electron chi connectivity index (χ3n) is 4.33. The fourth-order valence-corrected chi connectivity index (χ4v) is 3.30. The van der Waals surface area contributed by atoms with Crippen LogP contribution < -0.4 is 5.30 Å². The fraction of sp³-hybridized carbons (Fsp3) is 0.143. The van der Waals surface area contributed by atoms with E-state index in [1.807, 2.05) is 0 Å². The summed E-state index contributed by atoms with van der Waals surface area (Å²) < 4.78 is 0. The lowest BCUT2D eigenvalue weighted by Gasteiger charge is -2.11. The van der Waals surface area contributed by atoms with Gasteiger partial charge in [0.2, 0.25) is 0 Å². The van der Waals surface area contributed by atoms with Crippen molar-refractivity contribution in [1.29, 1.82) is 0 Å². The molecule has 2 atom stereocenters. The quantitative estimate of drug-likeness (QED) is 0.553. The summed E-state index contributed by atoms with van der Waals surface area (Å²) in [6.07, 6.45) is 1.00. The van der Waals surface area contributed by atoms with Gasteiger partial charge in [0.05, 0.1) is 0 Å². The molecular formula is C21H22P2. The van der Waals surface area contributed by atoms with Crippen LogP contribution in [0.2, 0.25) is 0 Å². The van der Waals surface area contributed by atoms with Crippen LogP contribution in [0.15, 0.2) is 60.7 Å². The van der Waals surface area contributed by atoms with Gasteiger partial charge in [-0.3, -0.25) is 0 Å². The number of aryl methyl sites for hydroxylation is 2. The Morgan fingerprint density at radius 2 is 1.30 bits per heavy atom. The molecular weight excluding hydrogens is 314 g/mol. The second kappa shape index (κ2) is 6.96. The maximum absolute atomic E-state index is 2.79. The summed E-state index contributed by atoms with van der Waals surface area (Å²) in [5.74, 6) is 0. The second-order valence-electron chi connectivity index (χ2n) is 6.00. The zero-order chi connectivity index (χ0) is 16.4. The first-order chi connectivity index (χ1) is 11.1. The Kier molecular flexibility index (Phi) is 4.96. The topological polar surface area (TPSA) is 0 Å². The van der Waals surface area contributed by atoms with Crippen LogP contribution in [-0.4, -0.2) is 0 Å². The van der Waals surface area contributed by atoms with E-state index >= 15 is 0 Å². The predicted molar refractivity (Wildman–Crippen MR) is 110 cm³/mol. The lowest BCUT2D eigenvalue weighted by Crippen LogP contribution is -1.96. The summed E-state index contributed by atoms with van der Waals surface area (Å²) in [5.41, 5.74) is 9.12. The summed E-state index contributed by atoms with van der Waals surface area (Å²) in [6.45, 7) is 4.35. The van der Waals surface area contributed by atoms with Crippen molar-refractivity contribution in [2.24, 2.45) is 0 Å². The SMILES string of the molecule is Cc1cc(-c2ccc(-c3ccc(CP)cc3)cc2C)ccc1P. The van der Waals surface area contributed by atoms with Gasteiger partial charge < -0.3 is 0 Å². The van der Waals surface area contributed by atoms with Gasteiger partial charge in [-0.15, -0.1) is 18.5 Å². The minimum Gasteiger partial charge on any atom is -0.133 e. The van der Waals surface area contributed by atoms with Crippen molar-refractivity contribution in [3.8, 4) is 22.3 Å². The van der Waals surface area contributed by atoms with E-state index in [1.165, 1.54) is 44.2 Å². The van der Waals surface area contributed by atoms with Gasteiger partial charge in [-0.2, -0.15) is 0 Å². The van der Waals surface area contributed by atoms with E-state index in [-0.39, 0.29) is 0 Å². The molecule has 23 heavy (non-hydrogen) atoms. The maximum atomic E-state index is 2.79. The largest absolute Gasteiger partial charge is 0.133 e. The highest BCUT2D eigenvalue weighted by Crippen LogP contribution is 2.29. The lowest BCUT2D eigenvalue weighted by molar-refractivity contribution is 1.41. The Labute approximate surface area is 143 Å². The smallest absolute Gasteiger partial charge is 0.0128 e. The number of hydrogen-bond donors (Lipinski definition) is 0. The molecule has 0 radical (unpaired) electrons. The highest BCUT2D eigenvalue weighted by atomic mass is 31.0. The molecule has 0 aliphatic carbocycles. The first-order valence-corrected chi connectivity index (χ1v) is 9.24. The summed E-state index contributed by atoms with van der Waals surface area (Å²) >= 11 is 0. The van der Waals surface area contributed by atoms with Gasteiger partial charge in [-0.1, -0.05) is 60.7 Å². The molecule has 0 aromatic heterocycles. The minimum absolute atomic E-state index is 1.00. The van der Waals surface area contributed by atoms with E-state index < -0.39 is 0 Å². The summed E-state index contributed by atoms with van der Waals surface area (Å²) in [7, 11) is 5.56. The molecule has 0 heterocycles. The first-order valence-electron chi connectivity index (χ1n) is 7.85. The van der Waals surface area contributed by atoms with Crippen molar-refractivity contribution < 1.29 is 0 Å². The van der Waals surface area contributed by atoms with Crippen molar-refractivity contribution in [2.45, 2.75) is 20.0 Å². The van der Waals surface area contributed by atoms with E-state index in [2.05, 4.69) is 93.0 Å². The molecule has 3 rings (SSSR count). The Bertz CT molecular complexity index is 833. The van der Waals surface area contributed by atoms with Gasteiger partial charge in [-0.05, 0) is 64.3 Å². The first kappa shape index (κ1) is 16.4. The van der Waals surface area contributed by atoms with Crippen molar-refractivity contribution in [3.05, 3.63) is 77.4 Å². The fourth-order valence-electron chi connectivity index (χ4n) is 2.84. The molecule has 0 aliphatic heterocycles. The third kappa shape index (κ3) is 3.55. The van der Waals surface area contributed by atoms with Crippen LogP contribution in [-0.2, 0) is 6.16 Å². The van der Waals surface area contributed by atoms with E-state index in [9.17, 15) is 0 Å². The van der Waals surface area contributed by atoms with Crippen LogP contribution in [0.5, 0.6) is 0 Å². The number of rotatable bonds is 3. The van der Waals surface area contributed by atoms with Crippen molar-refractivity contribution in [2.75, 3.05) is 0 Å². The molecule has 0 saturated heterocycles. The Morgan fingerprint density at radius 3 is 1.91 bits per heavy atom. The van der Waals surface area contributed by atoms with Gasteiger partial charge >= 0.3 is 0 Å². The van der Waals surface area contributed by atoms with Crippen LogP contribution in [0.25, 0.3) is 22.3 Å². The highest BCUT2D eigenvalue weighted by Gasteiger charge is 2.06. The third-order valence-corrected chi connectivity index (χ3v) is 5.45. The Morgan fingerprint density at radius 1 is 0.696 bits per heavy atom. The van der Waals surface area contributed by atoms with Crippen LogP contribution in [0.3, 0.4) is 0 Å². The molecule has 0 spiro atoms. The molecule has 0 nitrogen and oxygen atoms in total. The van der Waals surface area contributed by atoms with E-state index in [1.54, 1.807) is 0 Å². The average Bonchev–Trinajstić information content (AvgIpc) is 2.57. The van der Waals surface area contributed by atoms with Crippen LogP contribution in [0.1, 0.15) is 16.7 Å². The molecule has 3 aromatic rings. The molecule has 0 fully saturated rings. The van der Waals surface area contributed by atoms with Crippen LogP contribution in [0.4, 0.5) is 0 Å². The standard InChI is InChI=1S/C21H22P2/c1-14-11-18(17-5-3-16(13-22)4-6-17)7-9-20(14)19-8-10-21(23)15(2)12-19/h3-12H,13,22-23H2,1-2H3. The summed E-state index contributed by atoms with van der Waals surface area (Å²) in [4.78, 5) is 0. The number of benzene rings is 3. The summed E-state index contributed by atoms with van der Waals surface area (Å²) in [6, 6.07) is 22.2. The van der Waals surface area contributed by atoms with Crippen molar-refractivity contribution in [1.82, 2.24) is 0 Å². The van der Waals surface area contributed by atoms with Crippen molar-refractivity contribution in [3.63, 3.8) is 0 Å². The van der Waals surface area contributed by atoms with E-state index in [0.717, 1.165) is 6.16 Å². The lowest BCUT2D eigenvalue weighted by atomic mass is 9.95. The number of hydrogen-bond acceptors (Lipinski definition) is 0. The van der Waals surface area contributed by atoms with Gasteiger partial charge in [0.15, 0.2) is 0 Å². The maximum Gasteiger partial charge on any atom is -0.0128 e. The predicted octanol–water partition coefficient (Wildman–Crippen LogP) is 5.51. The van der Waals surface area contributed by atoms with E-state index in [4.69, 9.17) is 0 Å². The molecule has 116 valence electrons. The molecule has 0 amide bonds. The molecule has 0 N–H and O–H groups in total. The normalized spacial score (nSPS) is 10.8. The van der Waals surface area contributed by atoms with Crippen LogP contribution in [0, 0.1) is 13.8 Å². The highest BCUT2D eigenvalue weighted by molar-refractivity contribution is 7.27. The molecule has 2 heteroatoms. The van der Waals surface area contributed by atoms with Gasteiger partial charge in [-0.25, -0.2) is 0 Å². The van der Waals surface area contributed by atoms with Gasteiger partial charge in [0.25, 0.3) is 0 Å². The molecule has 0 aliphatic rings. The van der Waals surface area contributed by atoms with Crippen molar-refractivity contribution >= 4 is 23.8 Å². The molecule has 3 aromatic carbocycles. The van der Waals surface area contributed by atoms with Crippen LogP contribution >= 0.6 is 18.5 Å². The van der Waals surface area contributed by atoms with Gasteiger partial charge in [0.1, 0.15) is 0 Å². The zero-order valence-electron chi connectivity index (χ0n) is 13.6. The van der Waals surface area contributed by atoms with Gasteiger partial charge in [0, 0.05) is 0 Å². The summed E-state index contributed by atoms with van der Waals surface area (Å²) in [5, 5.41) is 1.26. The minimum atomic E-state index is 1.00. The Hall–Kier alpha value is -1.48. The molecule has 0 bridgehead atoms. The molecule has 2 unspecified atom stereocenters. The Balaban J connectivity index is 1.98. The average molecular weight is 336 g/mol. The van der Waals surface area contributed by atoms with E-state index in [0.29, 0.717) is 0 Å².